The van der Waals surface area contributed by atoms with Crippen LogP contribution in [0.3, 0.4) is 0 Å². The Morgan fingerprint density at radius 3 is 1.87 bits per heavy atom. The Morgan fingerprint density at radius 2 is 1.40 bits per heavy atom. The van der Waals surface area contributed by atoms with Gasteiger partial charge in [0, 0.05) is 6.04 Å². The van der Waals surface area contributed by atoms with E-state index in [1.54, 1.807) is 0 Å². The van der Waals surface area contributed by atoms with E-state index in [-0.39, 0.29) is 17.9 Å². The molecule has 0 atom stereocenters. The lowest BCUT2D eigenvalue weighted by atomic mass is 9.94. The average Bonchev–Trinajstić information content (AvgIpc) is 2.45. The van der Waals surface area contributed by atoms with Crippen LogP contribution in [0.5, 0.6) is 0 Å². The highest BCUT2D eigenvalue weighted by atomic mass is 127. The minimum Gasteiger partial charge on any atom is -0.270 e. The zero-order chi connectivity index (χ0) is 11.0. The Morgan fingerprint density at radius 1 is 0.933 bits per heavy atom. The maximum Gasteiger partial charge on any atom is 0.268 e. The van der Waals surface area contributed by atoms with Gasteiger partial charge in [0.1, 0.15) is 0 Å². The fourth-order valence-electron chi connectivity index (χ4n) is 2.16. The maximum absolute atomic E-state index is 11.9. The largest absolute Gasteiger partial charge is 0.270 e. The first-order chi connectivity index (χ1) is 7.13. The molecule has 0 N–H and O–H groups in total. The van der Waals surface area contributed by atoms with Crippen molar-refractivity contribution in [2.75, 3.05) is 0 Å². The summed E-state index contributed by atoms with van der Waals surface area (Å²) in [5.41, 5.74) is 0. The molecule has 5 heteroatoms. The summed E-state index contributed by atoms with van der Waals surface area (Å²) < 4.78 is 1.17. The number of hydrogen-bond donors (Lipinski definition) is 0. The fraction of sp³-hybridized carbons (Fsp3) is 0.600. The smallest absolute Gasteiger partial charge is 0.268 e. The van der Waals surface area contributed by atoms with Crippen molar-refractivity contribution >= 4 is 57.0 Å². The quantitative estimate of drug-likeness (QED) is 0.474. The van der Waals surface area contributed by atoms with Gasteiger partial charge in [-0.1, -0.05) is 19.3 Å². The molecule has 1 heterocycles. The molecule has 3 nitrogen and oxygen atoms in total. The second-order valence-corrected chi connectivity index (χ2v) is 6.06. The molecule has 82 valence electrons. The number of halogens is 2. The molecule has 0 radical (unpaired) electrons. The van der Waals surface area contributed by atoms with Gasteiger partial charge in [0.15, 0.2) is 0 Å². The number of hydrogen-bond acceptors (Lipinski definition) is 2. The Labute approximate surface area is 116 Å². The summed E-state index contributed by atoms with van der Waals surface area (Å²) in [5.74, 6) is -0.172. The van der Waals surface area contributed by atoms with E-state index in [2.05, 4.69) is 0 Å². The van der Waals surface area contributed by atoms with Crippen molar-refractivity contribution < 1.29 is 9.59 Å². The zero-order valence-corrected chi connectivity index (χ0v) is 12.4. The van der Waals surface area contributed by atoms with Gasteiger partial charge in [-0.05, 0) is 58.0 Å². The molecule has 0 aromatic heterocycles. The van der Waals surface area contributed by atoms with Crippen molar-refractivity contribution in [1.29, 1.82) is 0 Å². The molecule has 0 unspecified atom stereocenters. The Balaban J connectivity index is 2.18. The standard InChI is InChI=1S/C10H11I2NO2/c11-7-8(12)10(15)13(9(7)14)6-4-2-1-3-5-6/h6H,1-5H2. The summed E-state index contributed by atoms with van der Waals surface area (Å²) >= 11 is 3.94. The fourth-order valence-corrected chi connectivity index (χ4v) is 3.14. The van der Waals surface area contributed by atoms with Crippen LogP contribution in [0.25, 0.3) is 0 Å². The van der Waals surface area contributed by atoms with Crippen LogP contribution in [0.4, 0.5) is 0 Å². The molecule has 1 saturated carbocycles. The van der Waals surface area contributed by atoms with E-state index in [4.69, 9.17) is 0 Å². The van der Waals surface area contributed by atoms with Crippen LogP contribution in [0.15, 0.2) is 7.16 Å². The SMILES string of the molecule is O=C1C(I)=C(I)C(=O)N1C1CCCCC1. The van der Waals surface area contributed by atoms with Crippen LogP contribution < -0.4 is 0 Å². The van der Waals surface area contributed by atoms with Crippen LogP contribution in [0.1, 0.15) is 32.1 Å². The van der Waals surface area contributed by atoms with Gasteiger partial charge in [0.05, 0.1) is 7.16 Å². The number of carbonyl (C=O) groups is 2. The van der Waals surface area contributed by atoms with E-state index in [1.165, 1.54) is 11.3 Å². The summed E-state index contributed by atoms with van der Waals surface area (Å²) in [4.78, 5) is 25.2. The van der Waals surface area contributed by atoms with Gasteiger partial charge in [0.25, 0.3) is 11.8 Å². The van der Waals surface area contributed by atoms with Gasteiger partial charge in [-0.3, -0.25) is 14.5 Å². The monoisotopic (exact) mass is 431 g/mol. The highest BCUT2D eigenvalue weighted by molar-refractivity contribution is 14.1. The predicted molar refractivity (Wildman–Crippen MR) is 73.8 cm³/mol. The first kappa shape index (κ1) is 11.8. The molecule has 0 spiro atoms. The van der Waals surface area contributed by atoms with Crippen LogP contribution in [0.2, 0.25) is 0 Å². The summed E-state index contributed by atoms with van der Waals surface area (Å²) in [6, 6.07) is 0.149. The third kappa shape index (κ3) is 2.09. The van der Waals surface area contributed by atoms with Gasteiger partial charge in [-0.15, -0.1) is 0 Å². The van der Waals surface area contributed by atoms with Crippen LogP contribution in [-0.2, 0) is 9.59 Å². The number of amides is 2. The predicted octanol–water partition coefficient (Wildman–Crippen LogP) is 2.77. The molecule has 1 aliphatic heterocycles. The topological polar surface area (TPSA) is 37.4 Å². The summed E-state index contributed by atoms with van der Waals surface area (Å²) in [6.45, 7) is 0. The van der Waals surface area contributed by atoms with Crippen molar-refractivity contribution in [3.05, 3.63) is 7.16 Å². The second-order valence-electron chi connectivity index (χ2n) is 3.90. The molecule has 0 saturated heterocycles. The lowest BCUT2D eigenvalue weighted by Gasteiger charge is -2.29. The van der Waals surface area contributed by atoms with Crippen LogP contribution in [0, 0.1) is 0 Å². The zero-order valence-electron chi connectivity index (χ0n) is 8.13. The highest BCUT2D eigenvalue weighted by Crippen LogP contribution is 2.34. The molecule has 2 rings (SSSR count). The lowest BCUT2D eigenvalue weighted by molar-refractivity contribution is -0.140. The molecule has 15 heavy (non-hydrogen) atoms. The van der Waals surface area contributed by atoms with E-state index in [9.17, 15) is 9.59 Å². The van der Waals surface area contributed by atoms with Crippen LogP contribution in [-0.4, -0.2) is 22.8 Å². The number of imide groups is 1. The first-order valence-corrected chi connectivity index (χ1v) is 7.22. The lowest BCUT2D eigenvalue weighted by Crippen LogP contribution is -2.41. The van der Waals surface area contributed by atoms with Crippen molar-refractivity contribution in [3.63, 3.8) is 0 Å². The average molecular weight is 431 g/mol. The van der Waals surface area contributed by atoms with Crippen LogP contribution >= 0.6 is 45.2 Å². The third-order valence-electron chi connectivity index (χ3n) is 2.95. The van der Waals surface area contributed by atoms with Gasteiger partial charge in [-0.2, -0.15) is 0 Å². The summed E-state index contributed by atoms with van der Waals surface area (Å²) in [5, 5.41) is 0. The molecular weight excluding hydrogens is 420 g/mol. The Hall–Kier alpha value is 0.340. The Bertz CT molecular complexity index is 321. The van der Waals surface area contributed by atoms with E-state index in [0.29, 0.717) is 7.16 Å². The molecule has 2 amide bonds. The molecule has 0 bridgehead atoms. The molecule has 1 fully saturated rings. The number of rotatable bonds is 1. The molecule has 0 aromatic carbocycles. The van der Waals surface area contributed by atoms with E-state index >= 15 is 0 Å². The van der Waals surface area contributed by atoms with Crippen molar-refractivity contribution in [1.82, 2.24) is 4.90 Å². The Kier molecular flexibility index (Phi) is 3.69. The normalized spacial score (nSPS) is 24.3. The number of carbonyl (C=O) groups excluding carboxylic acids is 2. The first-order valence-electron chi connectivity index (χ1n) is 5.06. The molecule has 0 aromatic rings. The van der Waals surface area contributed by atoms with Crippen molar-refractivity contribution in [2.24, 2.45) is 0 Å². The summed E-state index contributed by atoms with van der Waals surface area (Å²) in [6.07, 6.45) is 5.45. The molecule has 1 aliphatic carbocycles. The minimum atomic E-state index is -0.0862. The summed E-state index contributed by atoms with van der Waals surface area (Å²) in [7, 11) is 0. The second kappa shape index (κ2) is 4.68. The third-order valence-corrected chi connectivity index (χ3v) is 5.98. The van der Waals surface area contributed by atoms with E-state index in [0.717, 1.165) is 25.7 Å². The van der Waals surface area contributed by atoms with E-state index in [1.807, 2.05) is 45.2 Å². The van der Waals surface area contributed by atoms with Crippen molar-refractivity contribution in [3.8, 4) is 0 Å². The maximum atomic E-state index is 11.9. The van der Waals surface area contributed by atoms with Gasteiger partial charge in [-0.25, -0.2) is 0 Å². The van der Waals surface area contributed by atoms with Gasteiger partial charge >= 0.3 is 0 Å². The van der Waals surface area contributed by atoms with Gasteiger partial charge < -0.3 is 0 Å². The highest BCUT2D eigenvalue weighted by Gasteiger charge is 2.40. The molecule has 2 aliphatic rings. The minimum absolute atomic E-state index is 0.0862. The molecular formula is C10H11I2NO2. The van der Waals surface area contributed by atoms with Crippen molar-refractivity contribution in [2.45, 2.75) is 38.1 Å². The van der Waals surface area contributed by atoms with E-state index < -0.39 is 0 Å². The van der Waals surface area contributed by atoms with Gasteiger partial charge in [0.2, 0.25) is 0 Å². The number of nitrogens with zero attached hydrogens (tertiary/aromatic N) is 1.